The van der Waals surface area contributed by atoms with Crippen molar-refractivity contribution in [3.05, 3.63) is 35.7 Å². The topological polar surface area (TPSA) is 75.9 Å². The number of benzene rings is 1. The van der Waals surface area contributed by atoms with Crippen LogP contribution in [0.4, 0.5) is 0 Å². The van der Waals surface area contributed by atoms with E-state index < -0.39 is 0 Å². The Hall–Kier alpha value is -2.83. The Morgan fingerprint density at radius 2 is 1.81 bits per heavy atom. The molecule has 0 radical (unpaired) electrons. The molecule has 1 fully saturated rings. The zero-order valence-corrected chi connectivity index (χ0v) is 15.3. The van der Waals surface area contributed by atoms with E-state index in [1.54, 1.807) is 23.8 Å². The lowest BCUT2D eigenvalue weighted by Gasteiger charge is -2.34. The molecule has 2 amide bonds. The Morgan fingerprint density at radius 3 is 2.46 bits per heavy atom. The lowest BCUT2D eigenvalue weighted by atomic mass is 10.2. The smallest absolute Gasteiger partial charge is 0.230 e. The average Bonchev–Trinajstić information content (AvgIpc) is 3.02. The lowest BCUT2D eigenvalue weighted by molar-refractivity contribution is -0.138. The van der Waals surface area contributed by atoms with Crippen molar-refractivity contribution >= 4 is 11.8 Å². The van der Waals surface area contributed by atoms with Crippen LogP contribution in [0.15, 0.2) is 28.7 Å². The minimum Gasteiger partial charge on any atom is -0.496 e. The fourth-order valence-corrected chi connectivity index (χ4v) is 3.05. The summed E-state index contributed by atoms with van der Waals surface area (Å²) in [5.74, 6) is 1.79. The van der Waals surface area contributed by atoms with E-state index >= 15 is 0 Å². The van der Waals surface area contributed by atoms with E-state index in [1.165, 1.54) is 0 Å². The van der Waals surface area contributed by atoms with E-state index in [2.05, 4.69) is 4.98 Å². The minimum absolute atomic E-state index is 0.00354. The largest absolute Gasteiger partial charge is 0.496 e. The molecule has 1 saturated heterocycles. The SMILES string of the molecule is COc1ccccc1-c1nc(CC(=O)N2CCN(C(C)=O)CC2)c(C)o1. The molecule has 2 aromatic rings. The second kappa shape index (κ2) is 7.59. The number of carbonyl (C=O) groups excluding carboxylic acids is 2. The van der Waals surface area contributed by atoms with E-state index in [0.29, 0.717) is 49.3 Å². The first-order chi connectivity index (χ1) is 12.5. The molecule has 0 unspecified atom stereocenters. The Morgan fingerprint density at radius 1 is 1.15 bits per heavy atom. The van der Waals surface area contributed by atoms with E-state index in [1.807, 2.05) is 31.2 Å². The fourth-order valence-electron chi connectivity index (χ4n) is 3.05. The molecule has 138 valence electrons. The molecule has 3 rings (SSSR count). The Balaban J connectivity index is 1.70. The van der Waals surface area contributed by atoms with Crippen LogP contribution < -0.4 is 4.74 Å². The summed E-state index contributed by atoms with van der Waals surface area (Å²) in [5.41, 5.74) is 1.39. The number of oxazole rings is 1. The zero-order chi connectivity index (χ0) is 18.7. The van der Waals surface area contributed by atoms with Gasteiger partial charge in [-0.3, -0.25) is 9.59 Å². The first kappa shape index (κ1) is 18.0. The number of nitrogens with zero attached hydrogens (tertiary/aromatic N) is 3. The van der Waals surface area contributed by atoms with Gasteiger partial charge in [-0.2, -0.15) is 0 Å². The normalized spacial score (nSPS) is 14.4. The second-order valence-electron chi connectivity index (χ2n) is 6.29. The monoisotopic (exact) mass is 357 g/mol. The molecule has 0 atom stereocenters. The van der Waals surface area contributed by atoms with Gasteiger partial charge in [0.2, 0.25) is 17.7 Å². The number of amides is 2. The number of aryl methyl sites for hydroxylation is 1. The van der Waals surface area contributed by atoms with Crippen molar-refractivity contribution in [1.82, 2.24) is 14.8 Å². The quantitative estimate of drug-likeness (QED) is 0.835. The van der Waals surface area contributed by atoms with Gasteiger partial charge >= 0.3 is 0 Å². The van der Waals surface area contributed by atoms with Gasteiger partial charge in [0.05, 0.1) is 24.8 Å². The Bertz CT molecular complexity index is 807. The van der Waals surface area contributed by atoms with E-state index in [4.69, 9.17) is 9.15 Å². The fraction of sp³-hybridized carbons (Fsp3) is 0.421. The molecule has 26 heavy (non-hydrogen) atoms. The van der Waals surface area contributed by atoms with Crippen molar-refractivity contribution < 1.29 is 18.7 Å². The third kappa shape index (κ3) is 3.71. The minimum atomic E-state index is -0.00354. The molecule has 7 nitrogen and oxygen atoms in total. The maximum atomic E-state index is 12.6. The van der Waals surface area contributed by atoms with Gasteiger partial charge in [-0.15, -0.1) is 0 Å². The van der Waals surface area contributed by atoms with Gasteiger partial charge in [-0.05, 0) is 19.1 Å². The third-order valence-electron chi connectivity index (χ3n) is 4.63. The molecule has 7 heteroatoms. The van der Waals surface area contributed by atoms with Gasteiger partial charge in [0.15, 0.2) is 0 Å². The van der Waals surface area contributed by atoms with Gasteiger partial charge in [0, 0.05) is 33.1 Å². The number of ether oxygens (including phenoxy) is 1. The molecular weight excluding hydrogens is 334 g/mol. The molecule has 0 bridgehead atoms. The van der Waals surface area contributed by atoms with Crippen LogP contribution in [0, 0.1) is 6.92 Å². The van der Waals surface area contributed by atoms with Crippen molar-refractivity contribution in [1.29, 1.82) is 0 Å². The maximum Gasteiger partial charge on any atom is 0.230 e. The first-order valence-electron chi connectivity index (χ1n) is 8.62. The average molecular weight is 357 g/mol. The highest BCUT2D eigenvalue weighted by Crippen LogP contribution is 2.30. The van der Waals surface area contributed by atoms with Crippen LogP contribution in [0.25, 0.3) is 11.5 Å². The number of para-hydroxylation sites is 1. The Kier molecular flexibility index (Phi) is 5.25. The molecular formula is C19H23N3O4. The number of hydrogen-bond donors (Lipinski definition) is 0. The van der Waals surface area contributed by atoms with Gasteiger partial charge in [-0.1, -0.05) is 12.1 Å². The molecule has 0 N–H and O–H groups in total. The van der Waals surface area contributed by atoms with Crippen LogP contribution in [0.1, 0.15) is 18.4 Å². The van der Waals surface area contributed by atoms with Crippen LogP contribution in [-0.2, 0) is 16.0 Å². The maximum absolute atomic E-state index is 12.6. The Labute approximate surface area is 152 Å². The van der Waals surface area contributed by atoms with Crippen molar-refractivity contribution in [2.45, 2.75) is 20.3 Å². The third-order valence-corrected chi connectivity index (χ3v) is 4.63. The van der Waals surface area contributed by atoms with E-state index in [9.17, 15) is 9.59 Å². The molecule has 1 aliphatic rings. The van der Waals surface area contributed by atoms with Crippen LogP contribution in [-0.4, -0.2) is 59.9 Å². The summed E-state index contributed by atoms with van der Waals surface area (Å²) in [7, 11) is 1.60. The van der Waals surface area contributed by atoms with Crippen LogP contribution in [0.2, 0.25) is 0 Å². The molecule has 2 heterocycles. The summed E-state index contributed by atoms with van der Waals surface area (Å²) in [4.78, 5) is 32.0. The summed E-state index contributed by atoms with van der Waals surface area (Å²) < 4.78 is 11.1. The van der Waals surface area contributed by atoms with Gasteiger partial charge in [-0.25, -0.2) is 4.98 Å². The summed E-state index contributed by atoms with van der Waals surface area (Å²) in [5, 5.41) is 0. The second-order valence-corrected chi connectivity index (χ2v) is 6.29. The van der Waals surface area contributed by atoms with Crippen molar-refractivity contribution in [3.63, 3.8) is 0 Å². The zero-order valence-electron chi connectivity index (χ0n) is 15.3. The van der Waals surface area contributed by atoms with Crippen LogP contribution >= 0.6 is 0 Å². The van der Waals surface area contributed by atoms with Crippen LogP contribution in [0.5, 0.6) is 5.75 Å². The molecule has 1 aromatic carbocycles. The highest BCUT2D eigenvalue weighted by atomic mass is 16.5. The van der Waals surface area contributed by atoms with Gasteiger partial charge in [0.25, 0.3) is 0 Å². The molecule has 1 aliphatic heterocycles. The van der Waals surface area contributed by atoms with Crippen LogP contribution in [0.3, 0.4) is 0 Å². The standard InChI is InChI=1S/C19H23N3O4/c1-13-16(12-18(24)22-10-8-21(9-11-22)14(2)23)20-19(26-13)15-6-4-5-7-17(15)25-3/h4-7H,8-12H2,1-3H3. The van der Waals surface area contributed by atoms with E-state index in [0.717, 1.165) is 5.56 Å². The first-order valence-corrected chi connectivity index (χ1v) is 8.62. The summed E-state index contributed by atoms with van der Waals surface area (Å²) in [6.45, 7) is 5.61. The van der Waals surface area contributed by atoms with Gasteiger partial charge < -0.3 is 19.0 Å². The molecule has 1 aromatic heterocycles. The summed E-state index contributed by atoms with van der Waals surface area (Å²) >= 11 is 0. The van der Waals surface area contributed by atoms with Gasteiger partial charge in [0.1, 0.15) is 11.5 Å². The summed E-state index contributed by atoms with van der Waals surface area (Å²) in [6.07, 6.45) is 0.185. The predicted octanol–water partition coefficient (Wildman–Crippen LogP) is 1.89. The number of piperazine rings is 1. The molecule has 0 spiro atoms. The summed E-state index contributed by atoms with van der Waals surface area (Å²) in [6, 6.07) is 7.48. The molecule has 0 saturated carbocycles. The number of rotatable bonds is 4. The lowest BCUT2D eigenvalue weighted by Crippen LogP contribution is -2.50. The van der Waals surface area contributed by atoms with Crippen molar-refractivity contribution in [3.8, 4) is 17.2 Å². The molecule has 0 aliphatic carbocycles. The van der Waals surface area contributed by atoms with Crippen molar-refractivity contribution in [2.24, 2.45) is 0 Å². The predicted molar refractivity (Wildman–Crippen MR) is 95.8 cm³/mol. The number of carbonyl (C=O) groups is 2. The number of hydrogen-bond acceptors (Lipinski definition) is 5. The van der Waals surface area contributed by atoms with Crippen molar-refractivity contribution in [2.75, 3.05) is 33.3 Å². The number of aromatic nitrogens is 1. The highest BCUT2D eigenvalue weighted by molar-refractivity contribution is 5.79. The number of methoxy groups -OCH3 is 1. The highest BCUT2D eigenvalue weighted by Gasteiger charge is 2.24. The van der Waals surface area contributed by atoms with E-state index in [-0.39, 0.29) is 18.2 Å².